The van der Waals surface area contributed by atoms with E-state index in [-0.39, 0.29) is 11.7 Å². The smallest absolute Gasteiger partial charge is 0.238 e. The molecule has 0 radical (unpaired) electrons. The number of halogens is 2. The normalized spacial score (nSPS) is 12.0. The molecule has 0 aliphatic heterocycles. The average molecular weight is 377 g/mol. The van der Waals surface area contributed by atoms with Crippen molar-refractivity contribution in [3.8, 4) is 5.69 Å². The third-order valence-corrected chi connectivity index (χ3v) is 4.63. The predicted molar refractivity (Wildman–Crippen MR) is 96.7 cm³/mol. The summed E-state index contributed by atoms with van der Waals surface area (Å²) in [6.07, 6.45) is 4.80. The highest BCUT2D eigenvalue weighted by molar-refractivity contribution is 8.00. The van der Waals surface area contributed by atoms with Crippen molar-refractivity contribution in [2.75, 3.05) is 5.32 Å². The number of rotatable bonds is 5. The van der Waals surface area contributed by atoms with E-state index in [4.69, 9.17) is 11.6 Å². The molecule has 128 valence electrons. The first-order valence-electron chi connectivity index (χ1n) is 7.41. The highest BCUT2D eigenvalue weighted by atomic mass is 35.5. The molecule has 1 atom stereocenters. The van der Waals surface area contributed by atoms with E-state index >= 15 is 0 Å². The van der Waals surface area contributed by atoms with Crippen LogP contribution in [0, 0.1) is 5.82 Å². The molecule has 0 saturated carbocycles. The maximum atomic E-state index is 13.4. The molecule has 3 aromatic rings. The first kappa shape index (κ1) is 17.4. The first-order chi connectivity index (χ1) is 12.0. The molecular weight excluding hydrogens is 363 g/mol. The minimum atomic E-state index is -0.424. The van der Waals surface area contributed by atoms with Crippen LogP contribution < -0.4 is 5.32 Å². The molecule has 25 heavy (non-hydrogen) atoms. The molecule has 0 saturated heterocycles. The maximum Gasteiger partial charge on any atom is 0.238 e. The van der Waals surface area contributed by atoms with Gasteiger partial charge in [-0.2, -0.15) is 0 Å². The van der Waals surface area contributed by atoms with Crippen molar-refractivity contribution in [2.24, 2.45) is 0 Å². The first-order valence-corrected chi connectivity index (χ1v) is 8.67. The second kappa shape index (κ2) is 7.67. The molecule has 0 aliphatic carbocycles. The fraction of sp³-hybridized carbons (Fsp3) is 0.118. The summed E-state index contributed by atoms with van der Waals surface area (Å²) in [6, 6.07) is 9.47. The zero-order valence-corrected chi connectivity index (χ0v) is 14.8. The molecular formula is C17H14ClFN4OS. The molecule has 2 heterocycles. The number of pyridine rings is 1. The summed E-state index contributed by atoms with van der Waals surface area (Å²) >= 11 is 7.05. The number of benzene rings is 1. The summed E-state index contributed by atoms with van der Waals surface area (Å²) in [5.74, 6) is -0.120. The Hall–Kier alpha value is -2.38. The lowest BCUT2D eigenvalue weighted by Crippen LogP contribution is -2.23. The Morgan fingerprint density at radius 2 is 2.16 bits per heavy atom. The van der Waals surface area contributed by atoms with Crippen LogP contribution in [0.3, 0.4) is 0 Å². The molecule has 1 unspecified atom stereocenters. The van der Waals surface area contributed by atoms with Crippen LogP contribution in [0.5, 0.6) is 0 Å². The van der Waals surface area contributed by atoms with Crippen molar-refractivity contribution in [2.45, 2.75) is 17.3 Å². The van der Waals surface area contributed by atoms with E-state index in [1.165, 1.54) is 30.1 Å². The fourth-order valence-electron chi connectivity index (χ4n) is 2.09. The van der Waals surface area contributed by atoms with Gasteiger partial charge in [0.2, 0.25) is 5.91 Å². The van der Waals surface area contributed by atoms with Crippen molar-refractivity contribution in [1.29, 1.82) is 0 Å². The van der Waals surface area contributed by atoms with Gasteiger partial charge in [-0.05, 0) is 37.3 Å². The number of thioether (sulfide) groups is 1. The van der Waals surface area contributed by atoms with Crippen LogP contribution in [0.15, 0.2) is 60.1 Å². The van der Waals surface area contributed by atoms with Gasteiger partial charge >= 0.3 is 0 Å². The van der Waals surface area contributed by atoms with Crippen LogP contribution >= 0.6 is 23.4 Å². The Morgan fingerprint density at radius 3 is 2.88 bits per heavy atom. The highest BCUT2D eigenvalue weighted by Crippen LogP contribution is 2.25. The SMILES string of the molecule is CC(Sc1nccn1-c1cccc(F)c1)C(=O)Nc1ccc(Cl)cn1. The van der Waals surface area contributed by atoms with Crippen molar-refractivity contribution in [3.63, 3.8) is 0 Å². The van der Waals surface area contributed by atoms with Gasteiger partial charge in [0.05, 0.1) is 16.0 Å². The van der Waals surface area contributed by atoms with Crippen molar-refractivity contribution in [1.82, 2.24) is 14.5 Å². The molecule has 2 aromatic heterocycles. The van der Waals surface area contributed by atoms with Gasteiger partial charge in [-0.3, -0.25) is 9.36 Å². The summed E-state index contributed by atoms with van der Waals surface area (Å²) in [7, 11) is 0. The lowest BCUT2D eigenvalue weighted by molar-refractivity contribution is -0.115. The zero-order chi connectivity index (χ0) is 17.8. The Balaban J connectivity index is 1.71. The average Bonchev–Trinajstić information content (AvgIpc) is 3.05. The lowest BCUT2D eigenvalue weighted by atomic mass is 10.3. The largest absolute Gasteiger partial charge is 0.310 e. The highest BCUT2D eigenvalue weighted by Gasteiger charge is 2.18. The van der Waals surface area contributed by atoms with Crippen LogP contribution in [0.1, 0.15) is 6.92 Å². The number of anilines is 1. The van der Waals surface area contributed by atoms with Crippen LogP contribution in [-0.4, -0.2) is 25.7 Å². The van der Waals surface area contributed by atoms with Crippen LogP contribution in [-0.2, 0) is 4.79 Å². The number of nitrogens with one attached hydrogen (secondary N) is 1. The predicted octanol–water partition coefficient (Wildman–Crippen LogP) is 4.18. The topological polar surface area (TPSA) is 59.8 Å². The van der Waals surface area contributed by atoms with E-state index in [2.05, 4.69) is 15.3 Å². The third kappa shape index (κ3) is 4.37. The number of nitrogens with zero attached hydrogens (tertiary/aromatic N) is 3. The molecule has 0 aliphatic rings. The van der Waals surface area contributed by atoms with Crippen molar-refractivity contribution in [3.05, 3.63) is 65.8 Å². The van der Waals surface area contributed by atoms with E-state index in [1.807, 2.05) is 0 Å². The second-order valence-corrected chi connectivity index (χ2v) is 6.92. The third-order valence-electron chi connectivity index (χ3n) is 3.32. The number of carbonyl (C=O) groups is 1. The second-order valence-electron chi connectivity index (χ2n) is 5.17. The minimum Gasteiger partial charge on any atom is -0.310 e. The van der Waals surface area contributed by atoms with Gasteiger partial charge in [-0.1, -0.05) is 29.4 Å². The van der Waals surface area contributed by atoms with E-state index in [0.29, 0.717) is 21.7 Å². The minimum absolute atomic E-state index is 0.214. The summed E-state index contributed by atoms with van der Waals surface area (Å²) in [5, 5.41) is 3.39. The number of aromatic nitrogens is 3. The Labute approximate surface area is 153 Å². The van der Waals surface area contributed by atoms with Gasteiger partial charge in [0.1, 0.15) is 11.6 Å². The van der Waals surface area contributed by atoms with E-state index in [9.17, 15) is 9.18 Å². The number of imidazole rings is 1. The molecule has 8 heteroatoms. The van der Waals surface area contributed by atoms with Crippen molar-refractivity contribution >= 4 is 35.1 Å². The number of hydrogen-bond acceptors (Lipinski definition) is 4. The number of amides is 1. The van der Waals surface area contributed by atoms with E-state index in [1.54, 1.807) is 48.1 Å². The molecule has 1 aromatic carbocycles. The number of hydrogen-bond donors (Lipinski definition) is 1. The Morgan fingerprint density at radius 1 is 1.32 bits per heavy atom. The monoisotopic (exact) mass is 376 g/mol. The molecule has 0 bridgehead atoms. The van der Waals surface area contributed by atoms with Gasteiger partial charge in [0.25, 0.3) is 0 Å². The molecule has 1 N–H and O–H groups in total. The van der Waals surface area contributed by atoms with Crippen molar-refractivity contribution < 1.29 is 9.18 Å². The Bertz CT molecular complexity index is 884. The van der Waals surface area contributed by atoms with E-state index in [0.717, 1.165) is 0 Å². The zero-order valence-electron chi connectivity index (χ0n) is 13.2. The standard InChI is InChI=1S/C17H14ClFN4OS/c1-11(16(24)22-15-6-5-12(18)10-21-15)25-17-20-7-8-23(17)14-4-2-3-13(19)9-14/h2-11H,1H3,(H,21,22,24). The lowest BCUT2D eigenvalue weighted by Gasteiger charge is -2.13. The van der Waals surface area contributed by atoms with Gasteiger partial charge in [0, 0.05) is 18.6 Å². The van der Waals surface area contributed by atoms with Gasteiger partial charge in [-0.25, -0.2) is 14.4 Å². The van der Waals surface area contributed by atoms with Crippen LogP contribution in [0.4, 0.5) is 10.2 Å². The fourth-order valence-corrected chi connectivity index (χ4v) is 3.08. The van der Waals surface area contributed by atoms with Gasteiger partial charge < -0.3 is 5.32 Å². The summed E-state index contributed by atoms with van der Waals surface area (Å²) in [4.78, 5) is 20.6. The molecule has 1 amide bonds. The molecule has 0 spiro atoms. The molecule has 5 nitrogen and oxygen atoms in total. The summed E-state index contributed by atoms with van der Waals surface area (Å²) < 4.78 is 15.2. The Kier molecular flexibility index (Phi) is 5.35. The molecule has 3 rings (SSSR count). The van der Waals surface area contributed by atoms with E-state index < -0.39 is 5.25 Å². The summed E-state index contributed by atoms with van der Waals surface area (Å²) in [6.45, 7) is 1.76. The quantitative estimate of drug-likeness (QED) is 0.678. The van der Waals surface area contributed by atoms with Crippen LogP contribution in [0.25, 0.3) is 5.69 Å². The molecule has 0 fully saturated rings. The summed E-state index contributed by atoms with van der Waals surface area (Å²) in [5.41, 5.74) is 0.645. The number of carbonyl (C=O) groups excluding carboxylic acids is 1. The van der Waals surface area contributed by atoms with Gasteiger partial charge in [-0.15, -0.1) is 0 Å². The maximum absolute atomic E-state index is 13.4. The van der Waals surface area contributed by atoms with Gasteiger partial charge in [0.15, 0.2) is 5.16 Å². The van der Waals surface area contributed by atoms with Crippen LogP contribution in [0.2, 0.25) is 5.02 Å².